The predicted octanol–water partition coefficient (Wildman–Crippen LogP) is 3.05. The van der Waals surface area contributed by atoms with E-state index in [1.165, 1.54) is 38.5 Å². The molecule has 2 heterocycles. The van der Waals surface area contributed by atoms with Gasteiger partial charge in [0.15, 0.2) is 15.8 Å². The fraction of sp³-hybridized carbons (Fsp3) is 0.944. The molecule has 146 valence electrons. The van der Waals surface area contributed by atoms with Crippen molar-refractivity contribution in [3.8, 4) is 0 Å². The Balaban J connectivity index is 0.00000225. The summed E-state index contributed by atoms with van der Waals surface area (Å²) in [5.74, 6) is 1.85. The van der Waals surface area contributed by atoms with E-state index in [1.807, 2.05) is 0 Å². The Morgan fingerprint density at radius 1 is 1.24 bits per heavy atom. The Labute approximate surface area is 170 Å². The first-order valence-electron chi connectivity index (χ1n) is 9.64. The lowest BCUT2D eigenvalue weighted by atomic mass is 9.73. The molecule has 0 aromatic rings. The van der Waals surface area contributed by atoms with E-state index in [0.29, 0.717) is 29.5 Å². The molecule has 0 radical (unpaired) electrons. The number of halogens is 1. The van der Waals surface area contributed by atoms with Gasteiger partial charge in [-0.2, -0.15) is 0 Å². The van der Waals surface area contributed by atoms with Crippen molar-refractivity contribution in [2.75, 3.05) is 31.1 Å². The SMILES string of the molecule is CC(C)NC(=NCC1CCS(=O)(=O)C1)N1CCC2(CCCCC2)C1.I. The van der Waals surface area contributed by atoms with Gasteiger partial charge in [-0.3, -0.25) is 4.99 Å². The Bertz CT molecular complexity index is 571. The lowest BCUT2D eigenvalue weighted by Gasteiger charge is -2.34. The van der Waals surface area contributed by atoms with Gasteiger partial charge in [0.1, 0.15) is 0 Å². The van der Waals surface area contributed by atoms with Gasteiger partial charge in [0, 0.05) is 25.7 Å². The predicted molar refractivity (Wildman–Crippen MR) is 114 cm³/mol. The number of rotatable bonds is 3. The summed E-state index contributed by atoms with van der Waals surface area (Å²) in [7, 11) is -2.81. The molecule has 5 nitrogen and oxygen atoms in total. The van der Waals surface area contributed by atoms with Gasteiger partial charge < -0.3 is 10.2 Å². The Kier molecular flexibility index (Phi) is 7.45. The van der Waals surface area contributed by atoms with Crippen LogP contribution >= 0.6 is 24.0 Å². The molecule has 0 aromatic heterocycles. The summed E-state index contributed by atoms with van der Waals surface area (Å²) in [5.41, 5.74) is 0.508. The zero-order valence-corrected chi connectivity index (χ0v) is 18.8. The normalized spacial score (nSPS) is 28.4. The third-order valence-corrected chi connectivity index (χ3v) is 7.73. The topological polar surface area (TPSA) is 61.8 Å². The van der Waals surface area contributed by atoms with Crippen LogP contribution in [-0.4, -0.2) is 56.5 Å². The van der Waals surface area contributed by atoms with Crippen molar-refractivity contribution in [3.05, 3.63) is 0 Å². The fourth-order valence-electron chi connectivity index (χ4n) is 4.55. The first-order chi connectivity index (χ1) is 11.4. The molecular weight excluding hydrogens is 449 g/mol. The molecule has 1 saturated carbocycles. The number of hydrogen-bond donors (Lipinski definition) is 1. The van der Waals surface area contributed by atoms with Crippen molar-refractivity contribution in [2.45, 2.75) is 64.8 Å². The monoisotopic (exact) mass is 483 g/mol. The van der Waals surface area contributed by atoms with E-state index in [9.17, 15) is 8.42 Å². The summed E-state index contributed by atoms with van der Waals surface area (Å²) in [5, 5.41) is 3.51. The van der Waals surface area contributed by atoms with E-state index >= 15 is 0 Å². The molecule has 7 heteroatoms. The average Bonchev–Trinajstić information content (AvgIpc) is 3.08. The summed E-state index contributed by atoms with van der Waals surface area (Å²) in [4.78, 5) is 7.26. The molecule has 3 fully saturated rings. The molecule has 1 N–H and O–H groups in total. The maximum atomic E-state index is 11.6. The number of likely N-dealkylation sites (tertiary alicyclic amines) is 1. The average molecular weight is 483 g/mol. The second-order valence-electron chi connectivity index (χ2n) is 8.46. The van der Waals surface area contributed by atoms with Crippen LogP contribution in [0, 0.1) is 11.3 Å². The van der Waals surface area contributed by atoms with Gasteiger partial charge in [-0.15, -0.1) is 24.0 Å². The highest BCUT2D eigenvalue weighted by Gasteiger charge is 2.40. The summed E-state index contributed by atoms with van der Waals surface area (Å²) >= 11 is 0. The van der Waals surface area contributed by atoms with Crippen molar-refractivity contribution >= 4 is 39.8 Å². The molecule has 3 aliphatic rings. The molecule has 25 heavy (non-hydrogen) atoms. The van der Waals surface area contributed by atoms with Gasteiger partial charge in [-0.05, 0) is 50.9 Å². The van der Waals surface area contributed by atoms with Crippen LogP contribution in [0.4, 0.5) is 0 Å². The maximum absolute atomic E-state index is 11.6. The number of nitrogens with zero attached hydrogens (tertiary/aromatic N) is 2. The minimum Gasteiger partial charge on any atom is -0.354 e. The van der Waals surface area contributed by atoms with E-state index in [0.717, 1.165) is 25.5 Å². The molecule has 0 bridgehead atoms. The quantitative estimate of drug-likeness (QED) is 0.381. The number of aliphatic imine (C=N–C) groups is 1. The van der Waals surface area contributed by atoms with Crippen molar-refractivity contribution in [3.63, 3.8) is 0 Å². The summed E-state index contributed by atoms with van der Waals surface area (Å²) in [6, 6.07) is 0.346. The lowest BCUT2D eigenvalue weighted by molar-refractivity contribution is 0.203. The van der Waals surface area contributed by atoms with Gasteiger partial charge in [-0.1, -0.05) is 19.3 Å². The Morgan fingerprint density at radius 3 is 2.56 bits per heavy atom. The van der Waals surface area contributed by atoms with E-state index < -0.39 is 9.84 Å². The molecule has 3 rings (SSSR count). The molecule has 2 saturated heterocycles. The molecule has 2 aliphatic heterocycles. The second-order valence-corrected chi connectivity index (χ2v) is 10.7. The van der Waals surface area contributed by atoms with E-state index in [2.05, 4.69) is 24.1 Å². The maximum Gasteiger partial charge on any atom is 0.194 e. The molecule has 1 unspecified atom stereocenters. The Morgan fingerprint density at radius 2 is 1.96 bits per heavy atom. The highest BCUT2D eigenvalue weighted by Crippen LogP contribution is 2.43. The van der Waals surface area contributed by atoms with Gasteiger partial charge >= 0.3 is 0 Å². The second kappa shape index (κ2) is 8.76. The van der Waals surface area contributed by atoms with Gasteiger partial charge in [-0.25, -0.2) is 8.42 Å². The van der Waals surface area contributed by atoms with Crippen LogP contribution in [0.5, 0.6) is 0 Å². The molecule has 1 atom stereocenters. The molecule has 0 amide bonds. The summed E-state index contributed by atoms with van der Waals surface area (Å²) < 4.78 is 23.3. The van der Waals surface area contributed by atoms with E-state index in [-0.39, 0.29) is 29.9 Å². The van der Waals surface area contributed by atoms with Crippen LogP contribution in [0.3, 0.4) is 0 Å². The van der Waals surface area contributed by atoms with Crippen LogP contribution in [0.2, 0.25) is 0 Å². The van der Waals surface area contributed by atoms with Crippen molar-refractivity contribution in [1.29, 1.82) is 0 Å². The third kappa shape index (κ3) is 5.71. The molecule has 0 aromatic carbocycles. The lowest BCUT2D eigenvalue weighted by Crippen LogP contribution is -2.44. The zero-order valence-electron chi connectivity index (χ0n) is 15.7. The number of nitrogens with one attached hydrogen (secondary N) is 1. The van der Waals surface area contributed by atoms with Crippen LogP contribution in [0.1, 0.15) is 58.8 Å². The molecular formula is C18H34IN3O2S. The van der Waals surface area contributed by atoms with Crippen LogP contribution in [0.15, 0.2) is 4.99 Å². The molecule has 1 aliphatic carbocycles. The molecule has 1 spiro atoms. The van der Waals surface area contributed by atoms with E-state index in [1.54, 1.807) is 0 Å². The number of sulfone groups is 1. The fourth-order valence-corrected chi connectivity index (χ4v) is 6.40. The highest BCUT2D eigenvalue weighted by molar-refractivity contribution is 14.0. The minimum absolute atomic E-state index is 0. The van der Waals surface area contributed by atoms with Gasteiger partial charge in [0.25, 0.3) is 0 Å². The highest BCUT2D eigenvalue weighted by atomic mass is 127. The first kappa shape index (κ1) is 21.3. The van der Waals surface area contributed by atoms with Crippen molar-refractivity contribution in [1.82, 2.24) is 10.2 Å². The first-order valence-corrected chi connectivity index (χ1v) is 11.5. The van der Waals surface area contributed by atoms with E-state index in [4.69, 9.17) is 4.99 Å². The minimum atomic E-state index is -2.81. The standard InChI is InChI=1S/C18H33N3O2S.HI/c1-15(2)20-17(19-12-16-6-11-24(22,23)13-16)21-10-9-18(14-21)7-4-3-5-8-18;/h15-16H,3-14H2,1-2H3,(H,19,20);1H. The number of guanidine groups is 1. The smallest absolute Gasteiger partial charge is 0.194 e. The summed E-state index contributed by atoms with van der Waals surface area (Å²) in [6.45, 7) is 7.12. The largest absolute Gasteiger partial charge is 0.354 e. The Hall–Kier alpha value is -0.0500. The van der Waals surface area contributed by atoms with Crippen molar-refractivity contribution in [2.24, 2.45) is 16.3 Å². The van der Waals surface area contributed by atoms with Crippen LogP contribution < -0.4 is 5.32 Å². The zero-order chi connectivity index (χ0) is 17.2. The van der Waals surface area contributed by atoms with Crippen LogP contribution in [-0.2, 0) is 9.84 Å². The van der Waals surface area contributed by atoms with Gasteiger partial charge in [0.2, 0.25) is 0 Å². The van der Waals surface area contributed by atoms with Crippen LogP contribution in [0.25, 0.3) is 0 Å². The van der Waals surface area contributed by atoms with Gasteiger partial charge in [0.05, 0.1) is 11.5 Å². The van der Waals surface area contributed by atoms with Crippen molar-refractivity contribution < 1.29 is 8.42 Å². The summed E-state index contributed by atoms with van der Waals surface area (Å²) in [6.07, 6.45) is 8.91. The number of hydrogen-bond acceptors (Lipinski definition) is 3. The third-order valence-electron chi connectivity index (χ3n) is 5.90.